The Labute approximate surface area is 138 Å². The Morgan fingerprint density at radius 1 is 1.23 bits per heavy atom. The highest BCUT2D eigenvalue weighted by Crippen LogP contribution is 2.29. The molecule has 0 aromatic heterocycles. The van der Waals surface area contributed by atoms with E-state index in [1.807, 2.05) is 0 Å². The lowest BCUT2D eigenvalue weighted by Gasteiger charge is -2.16. The number of amides is 1. The van der Waals surface area contributed by atoms with Crippen molar-refractivity contribution in [1.82, 2.24) is 0 Å². The van der Waals surface area contributed by atoms with Crippen molar-refractivity contribution in [2.24, 2.45) is 0 Å². The lowest BCUT2D eigenvalue weighted by atomic mass is 10.2. The summed E-state index contributed by atoms with van der Waals surface area (Å²) in [7, 11) is 0. The van der Waals surface area contributed by atoms with Crippen LogP contribution in [0, 0.1) is 12.7 Å². The minimum absolute atomic E-state index is 0.283. The number of hydrogen-bond donors (Lipinski definition) is 2. The first-order chi connectivity index (χ1) is 10.4. The van der Waals surface area contributed by atoms with Crippen LogP contribution in [0.3, 0.4) is 0 Å². The second kappa shape index (κ2) is 6.99. The second-order valence-corrected chi connectivity index (χ2v) is 5.71. The van der Waals surface area contributed by atoms with Gasteiger partial charge >= 0.3 is 0 Å². The Balaban J connectivity index is 2.06. The molecule has 6 heteroatoms. The zero-order chi connectivity index (χ0) is 16.3. The Morgan fingerprint density at radius 2 is 1.95 bits per heavy atom. The molecular weight excluding hydrogens is 326 g/mol. The van der Waals surface area contributed by atoms with Crippen LogP contribution in [0.5, 0.6) is 0 Å². The minimum Gasteiger partial charge on any atom is -0.374 e. The first-order valence-corrected chi connectivity index (χ1v) is 7.41. The van der Waals surface area contributed by atoms with E-state index >= 15 is 0 Å². The van der Waals surface area contributed by atoms with Gasteiger partial charge in [-0.25, -0.2) is 4.39 Å². The molecule has 0 bridgehead atoms. The summed E-state index contributed by atoms with van der Waals surface area (Å²) in [5.41, 5.74) is 1.51. The van der Waals surface area contributed by atoms with Crippen molar-refractivity contribution in [2.75, 3.05) is 10.6 Å². The average molecular weight is 341 g/mol. The molecular formula is C16H15Cl2FN2O. The number of rotatable bonds is 4. The number of aryl methyl sites for hydroxylation is 1. The number of hydrogen-bond acceptors (Lipinski definition) is 2. The van der Waals surface area contributed by atoms with Gasteiger partial charge in [0.2, 0.25) is 5.91 Å². The van der Waals surface area contributed by atoms with Crippen LogP contribution >= 0.6 is 23.2 Å². The van der Waals surface area contributed by atoms with E-state index in [0.717, 1.165) is 0 Å². The van der Waals surface area contributed by atoms with Gasteiger partial charge in [-0.1, -0.05) is 35.3 Å². The summed E-state index contributed by atoms with van der Waals surface area (Å²) in [5, 5.41) is 6.27. The molecule has 116 valence electrons. The molecule has 2 N–H and O–H groups in total. The quantitative estimate of drug-likeness (QED) is 0.832. The molecule has 1 atom stereocenters. The molecule has 0 aliphatic carbocycles. The Bertz CT molecular complexity index is 707. The lowest BCUT2D eigenvalue weighted by Crippen LogP contribution is -2.32. The van der Waals surface area contributed by atoms with Crippen LogP contribution < -0.4 is 10.6 Å². The Morgan fingerprint density at radius 3 is 2.64 bits per heavy atom. The molecule has 2 rings (SSSR count). The maximum atomic E-state index is 13.5. The lowest BCUT2D eigenvalue weighted by molar-refractivity contribution is -0.116. The molecule has 1 unspecified atom stereocenters. The summed E-state index contributed by atoms with van der Waals surface area (Å²) in [6.07, 6.45) is 0. The van der Waals surface area contributed by atoms with E-state index in [0.29, 0.717) is 22.0 Å². The molecule has 2 aromatic carbocycles. The van der Waals surface area contributed by atoms with Crippen molar-refractivity contribution >= 4 is 40.5 Å². The van der Waals surface area contributed by atoms with Crippen LogP contribution in [0.2, 0.25) is 10.0 Å². The summed E-state index contributed by atoms with van der Waals surface area (Å²) in [5.74, 6) is -0.624. The van der Waals surface area contributed by atoms with Gasteiger partial charge in [0.25, 0.3) is 0 Å². The largest absolute Gasteiger partial charge is 0.374 e. The molecule has 0 heterocycles. The zero-order valence-electron chi connectivity index (χ0n) is 12.1. The smallest absolute Gasteiger partial charge is 0.246 e. The monoisotopic (exact) mass is 340 g/mol. The molecule has 2 aromatic rings. The van der Waals surface area contributed by atoms with Crippen LogP contribution in [0.15, 0.2) is 36.4 Å². The molecule has 3 nitrogen and oxygen atoms in total. The second-order valence-electron chi connectivity index (χ2n) is 4.92. The number of nitrogens with one attached hydrogen (secondary N) is 2. The average Bonchev–Trinajstić information content (AvgIpc) is 2.47. The van der Waals surface area contributed by atoms with Crippen LogP contribution in [0.4, 0.5) is 15.8 Å². The van der Waals surface area contributed by atoms with E-state index in [9.17, 15) is 9.18 Å². The van der Waals surface area contributed by atoms with E-state index in [1.165, 1.54) is 6.07 Å². The maximum Gasteiger partial charge on any atom is 0.246 e. The van der Waals surface area contributed by atoms with E-state index in [2.05, 4.69) is 10.6 Å². The van der Waals surface area contributed by atoms with Gasteiger partial charge in [-0.3, -0.25) is 4.79 Å². The zero-order valence-corrected chi connectivity index (χ0v) is 13.6. The third-order valence-electron chi connectivity index (χ3n) is 3.16. The van der Waals surface area contributed by atoms with Crippen LogP contribution in [-0.2, 0) is 4.79 Å². The maximum absolute atomic E-state index is 13.5. The van der Waals surface area contributed by atoms with E-state index in [4.69, 9.17) is 23.2 Å². The Hall–Kier alpha value is -1.78. The molecule has 0 saturated heterocycles. The van der Waals surface area contributed by atoms with Gasteiger partial charge in [-0.15, -0.1) is 0 Å². The van der Waals surface area contributed by atoms with Gasteiger partial charge in [0, 0.05) is 5.69 Å². The number of carbonyl (C=O) groups excluding carboxylic acids is 1. The van der Waals surface area contributed by atoms with Crippen molar-refractivity contribution in [3.05, 3.63) is 57.8 Å². The summed E-state index contributed by atoms with van der Waals surface area (Å²) < 4.78 is 13.5. The third-order valence-corrected chi connectivity index (χ3v) is 3.98. The summed E-state index contributed by atoms with van der Waals surface area (Å²) in [6.45, 7) is 3.35. The van der Waals surface area contributed by atoms with Gasteiger partial charge in [0.05, 0.1) is 15.7 Å². The molecule has 0 aliphatic rings. The number of halogens is 3. The van der Waals surface area contributed by atoms with Crippen molar-refractivity contribution in [1.29, 1.82) is 0 Å². The third kappa shape index (κ3) is 3.90. The first-order valence-electron chi connectivity index (χ1n) is 6.66. The molecule has 0 fully saturated rings. The predicted molar refractivity (Wildman–Crippen MR) is 89.3 cm³/mol. The van der Waals surface area contributed by atoms with Gasteiger partial charge < -0.3 is 10.6 Å². The van der Waals surface area contributed by atoms with Crippen molar-refractivity contribution in [3.63, 3.8) is 0 Å². The van der Waals surface area contributed by atoms with Crippen LogP contribution in [-0.4, -0.2) is 11.9 Å². The van der Waals surface area contributed by atoms with Crippen LogP contribution in [0.1, 0.15) is 12.5 Å². The van der Waals surface area contributed by atoms with Gasteiger partial charge in [0.1, 0.15) is 11.9 Å². The standard InChI is InChI=1S/C16H15Cl2FN2O/c1-9-6-7-11(8-13(9)19)20-10(2)16(22)21-14-5-3-4-12(17)15(14)18/h3-8,10,20H,1-2H3,(H,21,22). The predicted octanol–water partition coefficient (Wildman–Crippen LogP) is 4.88. The van der Waals surface area contributed by atoms with Crippen molar-refractivity contribution in [3.8, 4) is 0 Å². The summed E-state index contributed by atoms with van der Waals surface area (Å²) in [6, 6.07) is 9.13. The number of benzene rings is 2. The SMILES string of the molecule is Cc1ccc(NC(C)C(=O)Nc2cccc(Cl)c2Cl)cc1F. The van der Waals surface area contributed by atoms with Crippen LogP contribution in [0.25, 0.3) is 0 Å². The molecule has 0 aliphatic heterocycles. The van der Waals surface area contributed by atoms with Gasteiger partial charge in [-0.2, -0.15) is 0 Å². The number of carbonyl (C=O) groups is 1. The van der Waals surface area contributed by atoms with Crippen molar-refractivity contribution in [2.45, 2.75) is 19.9 Å². The number of anilines is 2. The van der Waals surface area contributed by atoms with E-state index in [-0.39, 0.29) is 16.7 Å². The highest BCUT2D eigenvalue weighted by Gasteiger charge is 2.15. The highest BCUT2D eigenvalue weighted by molar-refractivity contribution is 6.44. The van der Waals surface area contributed by atoms with E-state index < -0.39 is 6.04 Å². The fourth-order valence-electron chi connectivity index (χ4n) is 1.84. The van der Waals surface area contributed by atoms with Gasteiger partial charge in [-0.05, 0) is 43.7 Å². The molecule has 0 spiro atoms. The Kier molecular flexibility index (Phi) is 5.27. The fourth-order valence-corrected chi connectivity index (χ4v) is 2.19. The first kappa shape index (κ1) is 16.6. The normalized spacial score (nSPS) is 11.9. The van der Waals surface area contributed by atoms with Gasteiger partial charge in [0.15, 0.2) is 0 Å². The molecule has 0 saturated carbocycles. The summed E-state index contributed by atoms with van der Waals surface area (Å²) >= 11 is 11.9. The minimum atomic E-state index is -0.572. The fraction of sp³-hybridized carbons (Fsp3) is 0.188. The molecule has 1 amide bonds. The van der Waals surface area contributed by atoms with E-state index in [1.54, 1.807) is 44.2 Å². The molecule has 22 heavy (non-hydrogen) atoms. The van der Waals surface area contributed by atoms with Crippen molar-refractivity contribution < 1.29 is 9.18 Å². The topological polar surface area (TPSA) is 41.1 Å². The highest BCUT2D eigenvalue weighted by atomic mass is 35.5. The molecule has 0 radical (unpaired) electrons. The summed E-state index contributed by atoms with van der Waals surface area (Å²) in [4.78, 5) is 12.2.